The Labute approximate surface area is 152 Å². The monoisotopic (exact) mass is 351 g/mol. The number of halogens is 1. The van der Waals surface area contributed by atoms with Crippen LogP contribution in [0.5, 0.6) is 0 Å². The molecule has 1 saturated carbocycles. The van der Waals surface area contributed by atoms with Crippen molar-refractivity contribution in [3.8, 4) is 0 Å². The molecule has 2 fully saturated rings. The zero-order valence-corrected chi connectivity index (χ0v) is 15.7. The highest BCUT2D eigenvalue weighted by molar-refractivity contribution is 5.85. The molecule has 2 aliphatic rings. The second-order valence-corrected chi connectivity index (χ2v) is 7.35. The number of ether oxygens (including phenoxy) is 1. The normalized spacial score (nSPS) is 28.8. The maximum Gasteiger partial charge on any atom is 0.302 e. The third kappa shape index (κ3) is 3.78. The highest BCUT2D eigenvalue weighted by atomic mass is 35.5. The minimum atomic E-state index is -0.151. The van der Waals surface area contributed by atoms with Crippen molar-refractivity contribution in [1.82, 2.24) is 4.90 Å². The molecular formula is C20H30ClNO2. The first kappa shape index (κ1) is 19.3. The van der Waals surface area contributed by atoms with E-state index in [4.69, 9.17) is 4.74 Å². The zero-order chi connectivity index (χ0) is 16.3. The van der Waals surface area contributed by atoms with Crippen molar-refractivity contribution in [3.05, 3.63) is 35.9 Å². The number of benzene rings is 1. The minimum Gasteiger partial charge on any atom is -0.460 e. The Morgan fingerprint density at radius 1 is 1.17 bits per heavy atom. The van der Waals surface area contributed by atoms with E-state index >= 15 is 0 Å². The summed E-state index contributed by atoms with van der Waals surface area (Å²) in [6, 6.07) is 10.8. The van der Waals surface area contributed by atoms with Crippen LogP contribution >= 0.6 is 12.4 Å². The summed E-state index contributed by atoms with van der Waals surface area (Å²) in [6.07, 6.45) is 7.52. The van der Waals surface area contributed by atoms with E-state index < -0.39 is 0 Å². The number of nitrogens with zero attached hydrogens (tertiary/aromatic N) is 1. The molecule has 3 rings (SSSR count). The van der Waals surface area contributed by atoms with Crippen molar-refractivity contribution in [3.63, 3.8) is 0 Å². The first-order chi connectivity index (χ1) is 11.1. The Morgan fingerprint density at radius 2 is 1.83 bits per heavy atom. The Bertz CT molecular complexity index is 530. The number of carbonyl (C=O) groups is 1. The van der Waals surface area contributed by atoms with Crippen LogP contribution in [0.4, 0.5) is 0 Å². The van der Waals surface area contributed by atoms with E-state index in [-0.39, 0.29) is 29.9 Å². The molecule has 4 heteroatoms. The fraction of sp³-hybridized carbons (Fsp3) is 0.650. The van der Waals surface area contributed by atoms with Gasteiger partial charge < -0.3 is 9.64 Å². The standard InChI is InChI=1S/C20H29NO2.ClH/c1-16(22)23-19-15-21(2)14-13-20(19,17-9-5-3-6-10-17)18-11-7-4-8-12-18;/h3,5-6,9-10,18-19H,4,7-8,11-15H2,1-2H3;1H. The third-order valence-corrected chi connectivity index (χ3v) is 5.91. The lowest BCUT2D eigenvalue weighted by Gasteiger charge is -2.52. The molecule has 0 N–H and O–H groups in total. The molecule has 0 amide bonds. The van der Waals surface area contributed by atoms with Gasteiger partial charge in [-0.2, -0.15) is 0 Å². The van der Waals surface area contributed by atoms with Crippen LogP contribution in [0.25, 0.3) is 0 Å². The maximum atomic E-state index is 11.8. The van der Waals surface area contributed by atoms with E-state index in [9.17, 15) is 4.79 Å². The van der Waals surface area contributed by atoms with Crippen LogP contribution in [0.2, 0.25) is 0 Å². The Balaban J connectivity index is 0.00000208. The first-order valence-electron chi connectivity index (χ1n) is 9.04. The Morgan fingerprint density at radius 3 is 2.46 bits per heavy atom. The molecule has 1 aliphatic carbocycles. The van der Waals surface area contributed by atoms with Crippen LogP contribution in [0, 0.1) is 5.92 Å². The van der Waals surface area contributed by atoms with Gasteiger partial charge in [-0.05, 0) is 44.3 Å². The number of piperidine rings is 1. The topological polar surface area (TPSA) is 29.5 Å². The SMILES string of the molecule is CC(=O)OC1CN(C)CCC1(c1ccccc1)C1CCCCC1.Cl. The summed E-state index contributed by atoms with van der Waals surface area (Å²) in [6.45, 7) is 3.46. The molecular weight excluding hydrogens is 322 g/mol. The number of rotatable bonds is 3. The average molecular weight is 352 g/mol. The molecule has 2 atom stereocenters. The van der Waals surface area contributed by atoms with Crippen LogP contribution < -0.4 is 0 Å². The van der Waals surface area contributed by atoms with Crippen molar-refractivity contribution in [2.24, 2.45) is 5.92 Å². The lowest BCUT2D eigenvalue weighted by Crippen LogP contribution is -2.58. The van der Waals surface area contributed by atoms with Gasteiger partial charge in [0.05, 0.1) is 0 Å². The molecule has 1 aromatic carbocycles. The maximum absolute atomic E-state index is 11.8. The fourth-order valence-electron chi connectivity index (χ4n) is 4.82. The number of carbonyl (C=O) groups excluding carboxylic acids is 1. The van der Waals surface area contributed by atoms with Gasteiger partial charge in [-0.1, -0.05) is 49.6 Å². The molecule has 2 unspecified atom stereocenters. The summed E-state index contributed by atoms with van der Waals surface area (Å²) in [4.78, 5) is 14.1. The molecule has 1 aliphatic heterocycles. The highest BCUT2D eigenvalue weighted by Gasteiger charge is 2.50. The lowest BCUT2D eigenvalue weighted by atomic mass is 9.59. The molecule has 0 spiro atoms. The van der Waals surface area contributed by atoms with Crippen LogP contribution in [-0.2, 0) is 14.9 Å². The van der Waals surface area contributed by atoms with Gasteiger partial charge in [0.1, 0.15) is 6.10 Å². The summed E-state index contributed by atoms with van der Waals surface area (Å²) in [5, 5.41) is 0. The average Bonchev–Trinajstić information content (AvgIpc) is 2.56. The number of likely N-dealkylation sites (N-methyl/N-ethyl adjacent to an activating group) is 1. The van der Waals surface area contributed by atoms with E-state index in [1.807, 2.05) is 0 Å². The van der Waals surface area contributed by atoms with Crippen LogP contribution in [0.15, 0.2) is 30.3 Å². The van der Waals surface area contributed by atoms with Gasteiger partial charge in [-0.3, -0.25) is 4.79 Å². The van der Waals surface area contributed by atoms with Crippen LogP contribution in [0.1, 0.15) is 51.0 Å². The second-order valence-electron chi connectivity index (χ2n) is 7.35. The molecule has 0 bridgehead atoms. The smallest absolute Gasteiger partial charge is 0.302 e. The van der Waals surface area contributed by atoms with Gasteiger partial charge in [-0.25, -0.2) is 0 Å². The number of esters is 1. The van der Waals surface area contributed by atoms with E-state index in [1.54, 1.807) is 6.92 Å². The van der Waals surface area contributed by atoms with Crippen molar-refractivity contribution in [2.75, 3.05) is 20.1 Å². The van der Waals surface area contributed by atoms with E-state index in [0.29, 0.717) is 5.92 Å². The summed E-state index contributed by atoms with van der Waals surface area (Å²) >= 11 is 0. The second kappa shape index (κ2) is 8.35. The summed E-state index contributed by atoms with van der Waals surface area (Å²) < 4.78 is 5.90. The summed E-state index contributed by atoms with van der Waals surface area (Å²) in [5.74, 6) is 0.470. The van der Waals surface area contributed by atoms with Crippen LogP contribution in [-0.4, -0.2) is 37.1 Å². The van der Waals surface area contributed by atoms with Crippen molar-refractivity contribution < 1.29 is 9.53 Å². The zero-order valence-electron chi connectivity index (χ0n) is 14.9. The van der Waals surface area contributed by atoms with Gasteiger partial charge in [0.2, 0.25) is 0 Å². The lowest BCUT2D eigenvalue weighted by molar-refractivity contribution is -0.157. The molecule has 0 aromatic heterocycles. The van der Waals surface area contributed by atoms with Crippen molar-refractivity contribution in [1.29, 1.82) is 0 Å². The third-order valence-electron chi connectivity index (χ3n) is 5.91. The number of hydrogen-bond acceptors (Lipinski definition) is 3. The van der Waals surface area contributed by atoms with Gasteiger partial charge >= 0.3 is 5.97 Å². The molecule has 0 radical (unpaired) electrons. The molecule has 1 heterocycles. The quantitative estimate of drug-likeness (QED) is 0.764. The van der Waals surface area contributed by atoms with Gasteiger partial charge in [0.15, 0.2) is 0 Å². The predicted octanol–water partition coefficient (Wildman–Crippen LogP) is 4.19. The molecule has 1 saturated heterocycles. The van der Waals surface area contributed by atoms with Crippen LogP contribution in [0.3, 0.4) is 0 Å². The molecule has 1 aromatic rings. The molecule has 24 heavy (non-hydrogen) atoms. The molecule has 134 valence electrons. The van der Waals surface area contributed by atoms with Crippen molar-refractivity contribution >= 4 is 18.4 Å². The number of hydrogen-bond donors (Lipinski definition) is 0. The van der Waals surface area contributed by atoms with Crippen molar-refractivity contribution in [2.45, 2.75) is 57.0 Å². The van der Waals surface area contributed by atoms with E-state index in [0.717, 1.165) is 19.5 Å². The highest BCUT2D eigenvalue weighted by Crippen LogP contribution is 2.48. The van der Waals surface area contributed by atoms with Gasteiger partial charge in [-0.15, -0.1) is 12.4 Å². The number of likely N-dealkylation sites (tertiary alicyclic amines) is 1. The van der Waals surface area contributed by atoms with Gasteiger partial charge in [0.25, 0.3) is 0 Å². The summed E-state index contributed by atoms with van der Waals surface area (Å²) in [7, 11) is 2.13. The Hall–Kier alpha value is -1.06. The molecule has 3 nitrogen and oxygen atoms in total. The first-order valence-corrected chi connectivity index (χ1v) is 9.04. The van der Waals surface area contributed by atoms with E-state index in [2.05, 4.69) is 42.3 Å². The van der Waals surface area contributed by atoms with Gasteiger partial charge in [0, 0.05) is 18.9 Å². The minimum absolute atomic E-state index is 0. The predicted molar refractivity (Wildman–Crippen MR) is 99.6 cm³/mol. The fourth-order valence-corrected chi connectivity index (χ4v) is 4.82. The largest absolute Gasteiger partial charge is 0.460 e. The Kier molecular flexibility index (Phi) is 6.70. The summed E-state index contributed by atoms with van der Waals surface area (Å²) in [5.41, 5.74) is 1.35. The van der Waals surface area contributed by atoms with E-state index in [1.165, 1.54) is 37.7 Å².